The van der Waals surface area contributed by atoms with Crippen LogP contribution in [0.25, 0.3) is 10.4 Å². The second-order valence-corrected chi connectivity index (χ2v) is 9.19. The number of pyridine rings is 1. The topological polar surface area (TPSA) is 55.3 Å². The van der Waals surface area contributed by atoms with Gasteiger partial charge in [-0.15, -0.1) is 11.3 Å². The highest BCUT2D eigenvalue weighted by Crippen LogP contribution is 2.47. The fraction of sp³-hybridized carbons (Fsp3) is 0.348. The van der Waals surface area contributed by atoms with E-state index in [9.17, 15) is 9.18 Å². The van der Waals surface area contributed by atoms with Crippen LogP contribution in [0.2, 0.25) is 0 Å². The quantitative estimate of drug-likeness (QED) is 0.564. The summed E-state index contributed by atoms with van der Waals surface area (Å²) in [6, 6.07) is 14.3. The fourth-order valence-corrected chi connectivity index (χ4v) is 5.17. The van der Waals surface area contributed by atoms with E-state index in [0.29, 0.717) is 24.1 Å². The number of hydrogen-bond acceptors (Lipinski definition) is 5. The summed E-state index contributed by atoms with van der Waals surface area (Å²) in [7, 11) is 0. The van der Waals surface area contributed by atoms with E-state index < -0.39 is 5.95 Å². The van der Waals surface area contributed by atoms with Crippen LogP contribution in [-0.2, 0) is 0 Å². The van der Waals surface area contributed by atoms with E-state index in [-0.39, 0.29) is 17.8 Å². The van der Waals surface area contributed by atoms with Crippen molar-refractivity contribution >= 4 is 17.2 Å². The number of benzene rings is 1. The van der Waals surface area contributed by atoms with Gasteiger partial charge in [0.25, 0.3) is 5.91 Å². The number of likely N-dealkylation sites (tertiary alicyclic amines) is 1. The zero-order valence-corrected chi connectivity index (χ0v) is 17.4. The Labute approximate surface area is 178 Å². The van der Waals surface area contributed by atoms with Crippen LogP contribution < -0.4 is 4.74 Å². The van der Waals surface area contributed by atoms with E-state index >= 15 is 0 Å². The minimum absolute atomic E-state index is 0.0515. The number of carbonyl (C=O) groups excluding carboxylic acids is 1. The predicted octanol–water partition coefficient (Wildman–Crippen LogP) is 4.58. The van der Waals surface area contributed by atoms with E-state index in [4.69, 9.17) is 4.74 Å². The molecule has 0 spiro atoms. The van der Waals surface area contributed by atoms with Gasteiger partial charge in [-0.05, 0) is 43.2 Å². The highest BCUT2D eigenvalue weighted by atomic mass is 32.1. The third-order valence-electron chi connectivity index (χ3n) is 5.86. The molecule has 1 aliphatic carbocycles. The molecule has 3 atom stereocenters. The molecule has 3 aromatic rings. The van der Waals surface area contributed by atoms with Crippen LogP contribution in [-0.4, -0.2) is 40.0 Å². The molecule has 2 aromatic heterocycles. The minimum Gasteiger partial charge on any atom is -0.475 e. The Morgan fingerprint density at radius 3 is 2.77 bits per heavy atom. The lowest BCUT2D eigenvalue weighted by atomic mass is 10.0. The highest BCUT2D eigenvalue weighted by molar-refractivity contribution is 7.15. The Morgan fingerprint density at radius 2 is 1.97 bits per heavy atom. The molecule has 0 bridgehead atoms. The standard InChI is InChI=1S/C23H22FN3O2S/c1-14-25-21(22(30-14)15-6-3-2-4-7-15)23(28)27-12-17-10-16(17)11-18(27)13-29-20-9-5-8-19(24)26-20/h2-9,16-18H,10-13H2,1H3/t16-,17+,18+/m1/s1. The maximum Gasteiger partial charge on any atom is 0.274 e. The lowest BCUT2D eigenvalue weighted by Crippen LogP contribution is -2.48. The van der Waals surface area contributed by atoms with Crippen molar-refractivity contribution in [2.24, 2.45) is 11.8 Å². The maximum atomic E-state index is 13.6. The molecule has 2 fully saturated rings. The summed E-state index contributed by atoms with van der Waals surface area (Å²) in [5.74, 6) is 0.835. The Hall–Kier alpha value is -2.80. The lowest BCUT2D eigenvalue weighted by molar-refractivity contribution is 0.0503. The van der Waals surface area contributed by atoms with Crippen molar-refractivity contribution < 1.29 is 13.9 Å². The van der Waals surface area contributed by atoms with Crippen molar-refractivity contribution in [2.45, 2.75) is 25.8 Å². The van der Waals surface area contributed by atoms with Crippen molar-refractivity contribution in [3.63, 3.8) is 0 Å². The van der Waals surface area contributed by atoms with Gasteiger partial charge in [0.15, 0.2) is 0 Å². The van der Waals surface area contributed by atoms with Gasteiger partial charge in [0.1, 0.15) is 12.3 Å². The summed E-state index contributed by atoms with van der Waals surface area (Å²) in [4.78, 5) is 24.8. The number of halogens is 1. The predicted molar refractivity (Wildman–Crippen MR) is 113 cm³/mol. The number of nitrogens with zero attached hydrogens (tertiary/aromatic N) is 3. The molecule has 1 saturated carbocycles. The number of aryl methyl sites for hydroxylation is 1. The molecular weight excluding hydrogens is 401 g/mol. The summed E-state index contributed by atoms with van der Waals surface area (Å²) >= 11 is 1.54. The summed E-state index contributed by atoms with van der Waals surface area (Å²) in [6.07, 6.45) is 2.05. The molecule has 30 heavy (non-hydrogen) atoms. The molecule has 5 nitrogen and oxygen atoms in total. The monoisotopic (exact) mass is 423 g/mol. The third kappa shape index (κ3) is 3.81. The highest BCUT2D eigenvalue weighted by Gasteiger charge is 2.48. The van der Waals surface area contributed by atoms with Gasteiger partial charge in [-0.2, -0.15) is 9.37 Å². The number of amides is 1. The first-order valence-corrected chi connectivity index (χ1v) is 11.0. The van der Waals surface area contributed by atoms with Crippen molar-refractivity contribution in [1.29, 1.82) is 0 Å². The molecule has 1 aromatic carbocycles. The Balaban J connectivity index is 1.39. The van der Waals surface area contributed by atoms with Crippen molar-refractivity contribution in [3.8, 4) is 16.3 Å². The van der Waals surface area contributed by atoms with Gasteiger partial charge < -0.3 is 9.64 Å². The van der Waals surface area contributed by atoms with Gasteiger partial charge in [0.05, 0.1) is 15.9 Å². The van der Waals surface area contributed by atoms with Gasteiger partial charge in [-0.25, -0.2) is 4.98 Å². The molecule has 5 rings (SSSR count). The molecule has 0 N–H and O–H groups in total. The number of rotatable bonds is 5. The molecule has 0 unspecified atom stereocenters. The second kappa shape index (κ2) is 7.80. The molecular formula is C23H22FN3O2S. The molecule has 1 aliphatic heterocycles. The van der Waals surface area contributed by atoms with E-state index in [1.54, 1.807) is 23.5 Å². The number of ether oxygens (including phenoxy) is 1. The molecule has 0 radical (unpaired) electrons. The summed E-state index contributed by atoms with van der Waals surface area (Å²) in [5.41, 5.74) is 1.51. The molecule has 1 amide bonds. The summed E-state index contributed by atoms with van der Waals surface area (Å²) < 4.78 is 19.1. The summed E-state index contributed by atoms with van der Waals surface area (Å²) in [6.45, 7) is 2.95. The van der Waals surface area contributed by atoms with E-state index in [1.807, 2.05) is 42.2 Å². The van der Waals surface area contributed by atoms with Crippen LogP contribution in [0.1, 0.15) is 28.3 Å². The number of hydrogen-bond donors (Lipinski definition) is 0. The zero-order valence-electron chi connectivity index (χ0n) is 16.6. The average molecular weight is 424 g/mol. The Kier molecular flexibility index (Phi) is 4.98. The first-order chi connectivity index (χ1) is 14.6. The SMILES string of the molecule is Cc1nc(C(=O)N2C[C@@H]3C[C@@H]3C[C@H]2COc2cccc(F)n2)c(-c2ccccc2)s1. The Bertz CT molecular complexity index is 1070. The smallest absolute Gasteiger partial charge is 0.274 e. The van der Waals surface area contributed by atoms with Gasteiger partial charge in [0, 0.05) is 12.6 Å². The van der Waals surface area contributed by atoms with E-state index in [2.05, 4.69) is 9.97 Å². The zero-order chi connectivity index (χ0) is 20.7. The number of aromatic nitrogens is 2. The van der Waals surface area contributed by atoms with Gasteiger partial charge in [0.2, 0.25) is 11.8 Å². The maximum absolute atomic E-state index is 13.6. The lowest BCUT2D eigenvalue weighted by Gasteiger charge is -2.35. The third-order valence-corrected chi connectivity index (χ3v) is 6.88. The van der Waals surface area contributed by atoms with Crippen LogP contribution in [0, 0.1) is 24.7 Å². The van der Waals surface area contributed by atoms with Gasteiger partial charge >= 0.3 is 0 Å². The molecule has 1 saturated heterocycles. The van der Waals surface area contributed by atoms with Gasteiger partial charge in [-0.1, -0.05) is 36.4 Å². The molecule has 2 aliphatic rings. The van der Waals surface area contributed by atoms with Crippen molar-refractivity contribution in [1.82, 2.24) is 14.9 Å². The van der Waals surface area contributed by atoms with Crippen LogP contribution in [0.4, 0.5) is 4.39 Å². The normalized spacial score (nSPS) is 22.5. The van der Waals surface area contributed by atoms with Gasteiger partial charge in [-0.3, -0.25) is 4.79 Å². The second-order valence-electron chi connectivity index (χ2n) is 7.99. The molecule has 3 heterocycles. The fourth-order valence-electron chi connectivity index (χ4n) is 4.25. The minimum atomic E-state index is -0.572. The van der Waals surface area contributed by atoms with E-state index in [1.165, 1.54) is 6.07 Å². The number of thiazole rings is 1. The van der Waals surface area contributed by atoms with Crippen LogP contribution in [0.5, 0.6) is 5.88 Å². The van der Waals surface area contributed by atoms with Crippen LogP contribution in [0.3, 0.4) is 0 Å². The Morgan fingerprint density at radius 1 is 1.13 bits per heavy atom. The number of carbonyl (C=O) groups is 1. The average Bonchev–Trinajstić information content (AvgIpc) is 3.42. The van der Waals surface area contributed by atoms with Crippen LogP contribution >= 0.6 is 11.3 Å². The number of piperidine rings is 1. The first-order valence-electron chi connectivity index (χ1n) is 10.2. The summed E-state index contributed by atoms with van der Waals surface area (Å²) in [5, 5.41) is 0.871. The van der Waals surface area contributed by atoms with Crippen molar-refractivity contribution in [3.05, 3.63) is 65.2 Å². The molecule has 7 heteroatoms. The first kappa shape index (κ1) is 19.2. The molecule has 154 valence electrons. The van der Waals surface area contributed by atoms with Crippen molar-refractivity contribution in [2.75, 3.05) is 13.2 Å². The van der Waals surface area contributed by atoms with E-state index in [0.717, 1.165) is 34.8 Å². The largest absolute Gasteiger partial charge is 0.475 e. The number of fused-ring (bicyclic) bond motifs is 1. The van der Waals surface area contributed by atoms with Crippen LogP contribution in [0.15, 0.2) is 48.5 Å².